The van der Waals surface area contributed by atoms with Crippen LogP contribution in [0.1, 0.15) is 34.8 Å². The van der Waals surface area contributed by atoms with Crippen LogP contribution < -0.4 is 5.43 Å². The molecule has 2 aromatic carbocycles. The number of hydrogen-bond acceptors (Lipinski definition) is 2. The van der Waals surface area contributed by atoms with E-state index < -0.39 is 0 Å². The fourth-order valence-corrected chi connectivity index (χ4v) is 3.49. The third-order valence-electron chi connectivity index (χ3n) is 5.01. The van der Waals surface area contributed by atoms with Crippen molar-refractivity contribution in [3.63, 3.8) is 0 Å². The van der Waals surface area contributed by atoms with Gasteiger partial charge >= 0.3 is 0 Å². The van der Waals surface area contributed by atoms with E-state index in [0.717, 1.165) is 29.8 Å². The zero-order valence-corrected chi connectivity index (χ0v) is 16.7. The molecule has 0 fully saturated rings. The van der Waals surface area contributed by atoms with E-state index in [1.54, 1.807) is 12.3 Å². The highest BCUT2D eigenvalue weighted by molar-refractivity contribution is 6.04. The Morgan fingerprint density at radius 3 is 2.43 bits per heavy atom. The number of allylic oxidation sites excluding steroid dienone is 1. The lowest BCUT2D eigenvalue weighted by Gasteiger charge is -2.17. The molecule has 28 heavy (non-hydrogen) atoms. The molecule has 0 saturated carbocycles. The first-order valence-corrected chi connectivity index (χ1v) is 9.54. The number of ketones is 1. The summed E-state index contributed by atoms with van der Waals surface area (Å²) in [5.74, 6) is -0.342. The van der Waals surface area contributed by atoms with Crippen molar-refractivity contribution in [1.29, 1.82) is 0 Å². The highest BCUT2D eigenvalue weighted by Crippen LogP contribution is 2.31. The van der Waals surface area contributed by atoms with Gasteiger partial charge in [-0.2, -0.15) is 0 Å². The van der Waals surface area contributed by atoms with Crippen LogP contribution in [0.25, 0.3) is 22.4 Å². The predicted molar refractivity (Wildman–Crippen MR) is 116 cm³/mol. The number of benzene rings is 2. The third-order valence-corrected chi connectivity index (χ3v) is 5.01. The van der Waals surface area contributed by atoms with Crippen molar-refractivity contribution in [3.05, 3.63) is 94.3 Å². The molecule has 0 atom stereocenters. The molecule has 3 nitrogen and oxygen atoms in total. The summed E-state index contributed by atoms with van der Waals surface area (Å²) in [6.45, 7) is 10.5. The van der Waals surface area contributed by atoms with Gasteiger partial charge in [0.05, 0.1) is 11.3 Å². The SMILES string of the molecule is C=CC(=O)c1cn(CCC)c(-c2ccc(C)c(-c3ccccc3C)c2)cc1=O. The molecule has 0 bridgehead atoms. The van der Waals surface area contributed by atoms with Gasteiger partial charge in [-0.1, -0.05) is 49.9 Å². The topological polar surface area (TPSA) is 39.1 Å². The Morgan fingerprint density at radius 1 is 1.04 bits per heavy atom. The maximum atomic E-state index is 12.6. The van der Waals surface area contributed by atoms with Crippen LogP contribution in [-0.4, -0.2) is 10.4 Å². The number of hydrogen-bond donors (Lipinski definition) is 0. The molecule has 1 aromatic heterocycles. The van der Waals surface area contributed by atoms with Crippen LogP contribution in [0.2, 0.25) is 0 Å². The number of carbonyl (C=O) groups is 1. The van der Waals surface area contributed by atoms with Gasteiger partial charge in [0.1, 0.15) is 0 Å². The summed E-state index contributed by atoms with van der Waals surface area (Å²) in [5.41, 5.74) is 6.40. The average molecular weight is 371 g/mol. The summed E-state index contributed by atoms with van der Waals surface area (Å²) in [6, 6.07) is 16.1. The minimum atomic E-state index is -0.342. The van der Waals surface area contributed by atoms with Crippen molar-refractivity contribution in [2.75, 3.05) is 0 Å². The molecule has 3 aromatic rings. The molecule has 0 N–H and O–H groups in total. The Morgan fingerprint density at radius 2 is 1.75 bits per heavy atom. The smallest absolute Gasteiger partial charge is 0.193 e. The summed E-state index contributed by atoms with van der Waals surface area (Å²) < 4.78 is 1.99. The van der Waals surface area contributed by atoms with Crippen molar-refractivity contribution in [2.24, 2.45) is 0 Å². The van der Waals surface area contributed by atoms with E-state index in [1.165, 1.54) is 22.8 Å². The summed E-state index contributed by atoms with van der Waals surface area (Å²) in [5, 5.41) is 0. The number of rotatable bonds is 6. The van der Waals surface area contributed by atoms with Crippen molar-refractivity contribution in [1.82, 2.24) is 4.57 Å². The van der Waals surface area contributed by atoms with Crippen molar-refractivity contribution in [3.8, 4) is 22.4 Å². The normalized spacial score (nSPS) is 10.7. The predicted octanol–water partition coefficient (Wildman–Crippen LogP) is 5.58. The first-order valence-electron chi connectivity index (χ1n) is 9.54. The van der Waals surface area contributed by atoms with E-state index >= 15 is 0 Å². The second-order valence-corrected chi connectivity index (χ2v) is 7.04. The average Bonchev–Trinajstić information content (AvgIpc) is 2.69. The second-order valence-electron chi connectivity index (χ2n) is 7.04. The zero-order valence-electron chi connectivity index (χ0n) is 16.7. The molecular formula is C25H25NO2. The van der Waals surface area contributed by atoms with E-state index in [0.29, 0.717) is 0 Å². The second kappa shape index (κ2) is 8.22. The minimum absolute atomic E-state index is 0.165. The molecular weight excluding hydrogens is 346 g/mol. The molecule has 3 rings (SSSR count). The molecule has 0 unspecified atom stereocenters. The fourth-order valence-electron chi connectivity index (χ4n) is 3.49. The summed E-state index contributed by atoms with van der Waals surface area (Å²) in [7, 11) is 0. The van der Waals surface area contributed by atoms with Gasteiger partial charge in [-0.3, -0.25) is 9.59 Å². The molecule has 0 spiro atoms. The largest absolute Gasteiger partial charge is 0.347 e. The van der Waals surface area contributed by atoms with Crippen LogP contribution >= 0.6 is 0 Å². The Bertz CT molecular complexity index is 1110. The number of aryl methyl sites for hydroxylation is 3. The first-order chi connectivity index (χ1) is 13.5. The van der Waals surface area contributed by atoms with Gasteiger partial charge in [-0.05, 0) is 60.2 Å². The summed E-state index contributed by atoms with van der Waals surface area (Å²) in [6.07, 6.45) is 3.75. The third kappa shape index (κ3) is 3.74. The molecule has 142 valence electrons. The van der Waals surface area contributed by atoms with E-state index in [2.05, 4.69) is 51.6 Å². The molecule has 0 aliphatic heterocycles. The standard InChI is InChI=1S/C25H25NO2/c1-5-13-26-16-22(24(27)6-2)25(28)15-23(26)19-12-11-18(4)21(14-19)20-10-8-7-9-17(20)3/h6-12,14-16H,2,5,13H2,1,3-4H3. The van der Waals surface area contributed by atoms with E-state index in [4.69, 9.17) is 0 Å². The van der Waals surface area contributed by atoms with Crippen LogP contribution in [0.5, 0.6) is 0 Å². The van der Waals surface area contributed by atoms with Crippen molar-refractivity contribution < 1.29 is 4.79 Å². The quantitative estimate of drug-likeness (QED) is 0.419. The lowest BCUT2D eigenvalue weighted by Crippen LogP contribution is -2.18. The fraction of sp³-hybridized carbons (Fsp3) is 0.200. The van der Waals surface area contributed by atoms with Gasteiger partial charge in [-0.25, -0.2) is 0 Å². The molecule has 1 heterocycles. The monoisotopic (exact) mass is 371 g/mol. The van der Waals surface area contributed by atoms with Crippen LogP contribution in [0.4, 0.5) is 0 Å². The molecule has 0 radical (unpaired) electrons. The van der Waals surface area contributed by atoms with E-state index in [9.17, 15) is 9.59 Å². The van der Waals surface area contributed by atoms with Gasteiger partial charge in [0.2, 0.25) is 0 Å². The van der Waals surface area contributed by atoms with Gasteiger partial charge in [-0.15, -0.1) is 0 Å². The van der Waals surface area contributed by atoms with Gasteiger partial charge < -0.3 is 4.57 Å². The van der Waals surface area contributed by atoms with Crippen LogP contribution in [0.3, 0.4) is 0 Å². The maximum Gasteiger partial charge on any atom is 0.193 e. The Kier molecular flexibility index (Phi) is 5.74. The van der Waals surface area contributed by atoms with E-state index in [-0.39, 0.29) is 16.8 Å². The van der Waals surface area contributed by atoms with Gasteiger partial charge in [0.15, 0.2) is 11.2 Å². The summed E-state index contributed by atoms with van der Waals surface area (Å²) >= 11 is 0. The molecule has 0 amide bonds. The van der Waals surface area contributed by atoms with Gasteiger partial charge in [0, 0.05) is 18.8 Å². The number of carbonyl (C=O) groups excluding carboxylic acids is 1. The Labute approximate surface area is 166 Å². The highest BCUT2D eigenvalue weighted by atomic mass is 16.1. The Balaban J connectivity index is 2.21. The first kappa shape index (κ1) is 19.6. The molecule has 0 saturated heterocycles. The summed E-state index contributed by atoms with van der Waals surface area (Å²) in [4.78, 5) is 24.6. The highest BCUT2D eigenvalue weighted by Gasteiger charge is 2.14. The minimum Gasteiger partial charge on any atom is -0.347 e. The lowest BCUT2D eigenvalue weighted by molar-refractivity contribution is 0.104. The van der Waals surface area contributed by atoms with Crippen LogP contribution in [-0.2, 0) is 6.54 Å². The lowest BCUT2D eigenvalue weighted by atomic mass is 9.94. The number of nitrogens with zero attached hydrogens (tertiary/aromatic N) is 1. The molecule has 3 heteroatoms. The van der Waals surface area contributed by atoms with Gasteiger partial charge in [0.25, 0.3) is 0 Å². The van der Waals surface area contributed by atoms with Crippen molar-refractivity contribution >= 4 is 5.78 Å². The van der Waals surface area contributed by atoms with Crippen molar-refractivity contribution in [2.45, 2.75) is 33.7 Å². The number of aromatic nitrogens is 1. The Hall–Kier alpha value is -3.20. The number of pyridine rings is 1. The maximum absolute atomic E-state index is 12.6. The van der Waals surface area contributed by atoms with E-state index in [1.807, 2.05) is 22.8 Å². The molecule has 0 aliphatic rings. The zero-order chi connectivity index (χ0) is 20.3. The molecule has 0 aliphatic carbocycles. The van der Waals surface area contributed by atoms with Crippen LogP contribution in [0, 0.1) is 13.8 Å². The van der Waals surface area contributed by atoms with Crippen LogP contribution in [0.15, 0.2) is 72.2 Å².